The number of rotatable bonds is 3. The largest absolute Gasteiger partial charge is 0.496 e. The summed E-state index contributed by atoms with van der Waals surface area (Å²) in [6.45, 7) is 6.54. The van der Waals surface area contributed by atoms with Crippen molar-refractivity contribution in [1.82, 2.24) is 5.48 Å². The van der Waals surface area contributed by atoms with E-state index in [1.807, 2.05) is 26.8 Å². The summed E-state index contributed by atoms with van der Waals surface area (Å²) in [5, 5.41) is 8.67. The van der Waals surface area contributed by atoms with Gasteiger partial charge in [-0.3, -0.25) is 0 Å². The van der Waals surface area contributed by atoms with Crippen molar-refractivity contribution in [3.8, 4) is 5.75 Å². The average molecular weight is 195 g/mol. The Balaban J connectivity index is 3.25. The third kappa shape index (κ3) is 1.89. The predicted octanol–water partition coefficient (Wildman–Crippen LogP) is 2.10. The molecule has 0 heterocycles. The minimum absolute atomic E-state index is 0.470. The molecule has 0 radical (unpaired) electrons. The molecule has 0 spiro atoms. The van der Waals surface area contributed by atoms with Crippen molar-refractivity contribution in [1.29, 1.82) is 0 Å². The van der Waals surface area contributed by atoms with E-state index in [1.54, 1.807) is 7.11 Å². The van der Waals surface area contributed by atoms with E-state index in [0.717, 1.165) is 28.0 Å². The van der Waals surface area contributed by atoms with Crippen molar-refractivity contribution < 1.29 is 9.94 Å². The lowest BCUT2D eigenvalue weighted by Crippen LogP contribution is -2.09. The maximum Gasteiger partial charge on any atom is 0.124 e. The van der Waals surface area contributed by atoms with Crippen LogP contribution in [0.4, 0.5) is 0 Å². The molecule has 78 valence electrons. The van der Waals surface area contributed by atoms with Gasteiger partial charge in [0.05, 0.1) is 7.11 Å². The van der Waals surface area contributed by atoms with Gasteiger partial charge in [0.2, 0.25) is 0 Å². The molecular weight excluding hydrogens is 178 g/mol. The first-order chi connectivity index (χ1) is 6.61. The van der Waals surface area contributed by atoms with Gasteiger partial charge in [-0.25, -0.2) is 5.48 Å². The van der Waals surface area contributed by atoms with Crippen LogP contribution in [-0.4, -0.2) is 12.3 Å². The Morgan fingerprint density at radius 2 is 1.93 bits per heavy atom. The van der Waals surface area contributed by atoms with Crippen molar-refractivity contribution in [2.24, 2.45) is 0 Å². The third-order valence-electron chi connectivity index (χ3n) is 2.61. The number of ether oxygens (including phenoxy) is 1. The molecule has 14 heavy (non-hydrogen) atoms. The molecule has 1 aromatic carbocycles. The van der Waals surface area contributed by atoms with Gasteiger partial charge >= 0.3 is 0 Å². The van der Waals surface area contributed by atoms with Crippen molar-refractivity contribution in [3.63, 3.8) is 0 Å². The lowest BCUT2D eigenvalue weighted by Gasteiger charge is -2.15. The highest BCUT2D eigenvalue weighted by Crippen LogP contribution is 2.28. The van der Waals surface area contributed by atoms with E-state index in [1.165, 1.54) is 0 Å². The van der Waals surface area contributed by atoms with Crippen molar-refractivity contribution in [2.75, 3.05) is 7.11 Å². The molecule has 0 amide bonds. The Morgan fingerprint density at radius 1 is 1.29 bits per heavy atom. The molecule has 3 heteroatoms. The van der Waals surface area contributed by atoms with E-state index in [4.69, 9.17) is 9.94 Å². The van der Waals surface area contributed by atoms with Crippen LogP contribution in [0.15, 0.2) is 6.07 Å². The molecule has 2 N–H and O–H groups in total. The smallest absolute Gasteiger partial charge is 0.124 e. The molecule has 0 aromatic heterocycles. The van der Waals surface area contributed by atoms with Gasteiger partial charge in [-0.05, 0) is 43.0 Å². The van der Waals surface area contributed by atoms with Crippen LogP contribution in [0.3, 0.4) is 0 Å². The van der Waals surface area contributed by atoms with E-state index in [-0.39, 0.29) is 0 Å². The molecule has 0 saturated heterocycles. The van der Waals surface area contributed by atoms with E-state index in [2.05, 4.69) is 5.48 Å². The van der Waals surface area contributed by atoms with Crippen LogP contribution in [0.2, 0.25) is 0 Å². The average Bonchev–Trinajstić information content (AvgIpc) is 2.15. The predicted molar refractivity (Wildman–Crippen MR) is 55.8 cm³/mol. The van der Waals surface area contributed by atoms with Crippen LogP contribution in [0.25, 0.3) is 0 Å². The summed E-state index contributed by atoms with van der Waals surface area (Å²) in [5.41, 5.74) is 6.67. The second-order valence-electron chi connectivity index (χ2n) is 3.47. The summed E-state index contributed by atoms with van der Waals surface area (Å²) in [6.07, 6.45) is 0. The first-order valence-electron chi connectivity index (χ1n) is 4.62. The van der Waals surface area contributed by atoms with E-state index in [9.17, 15) is 0 Å². The molecule has 0 saturated carbocycles. The van der Waals surface area contributed by atoms with Gasteiger partial charge in [0, 0.05) is 6.54 Å². The fourth-order valence-electron chi connectivity index (χ4n) is 1.72. The quantitative estimate of drug-likeness (QED) is 0.726. The summed E-state index contributed by atoms with van der Waals surface area (Å²) in [6, 6.07) is 2.03. The lowest BCUT2D eigenvalue weighted by atomic mass is 9.99. The Morgan fingerprint density at radius 3 is 2.43 bits per heavy atom. The zero-order chi connectivity index (χ0) is 10.7. The normalized spacial score (nSPS) is 10.4. The zero-order valence-electron chi connectivity index (χ0n) is 9.14. The minimum Gasteiger partial charge on any atom is -0.496 e. The molecule has 0 aliphatic rings. The summed E-state index contributed by atoms with van der Waals surface area (Å²) in [5.74, 6) is 0.934. The second-order valence-corrected chi connectivity index (χ2v) is 3.47. The highest BCUT2D eigenvalue weighted by molar-refractivity contribution is 5.48. The highest BCUT2D eigenvalue weighted by atomic mass is 16.5. The van der Waals surface area contributed by atoms with Gasteiger partial charge in [0.1, 0.15) is 5.75 Å². The number of nitrogens with one attached hydrogen (secondary N) is 1. The SMILES string of the molecule is COc1c(C)cc(CNO)c(C)c1C. The Kier molecular flexibility index (Phi) is 3.49. The summed E-state index contributed by atoms with van der Waals surface area (Å²) >= 11 is 0. The van der Waals surface area contributed by atoms with Gasteiger partial charge < -0.3 is 9.94 Å². The Labute approximate surface area is 84.7 Å². The monoisotopic (exact) mass is 195 g/mol. The maximum absolute atomic E-state index is 8.67. The van der Waals surface area contributed by atoms with E-state index in [0.29, 0.717) is 6.54 Å². The van der Waals surface area contributed by atoms with Gasteiger partial charge in [-0.1, -0.05) is 6.07 Å². The van der Waals surface area contributed by atoms with Gasteiger partial charge in [0.25, 0.3) is 0 Å². The van der Waals surface area contributed by atoms with Gasteiger partial charge in [-0.15, -0.1) is 0 Å². The number of aryl methyl sites for hydroxylation is 1. The summed E-state index contributed by atoms with van der Waals surface area (Å²) in [4.78, 5) is 0. The lowest BCUT2D eigenvalue weighted by molar-refractivity contribution is 0.161. The van der Waals surface area contributed by atoms with Crippen molar-refractivity contribution in [3.05, 3.63) is 28.3 Å². The fourth-order valence-corrected chi connectivity index (χ4v) is 1.72. The maximum atomic E-state index is 8.67. The number of hydroxylamine groups is 1. The van der Waals surface area contributed by atoms with Crippen LogP contribution in [0.1, 0.15) is 22.3 Å². The molecule has 1 aromatic rings. The van der Waals surface area contributed by atoms with E-state index < -0.39 is 0 Å². The van der Waals surface area contributed by atoms with Gasteiger partial charge in [-0.2, -0.15) is 0 Å². The number of benzene rings is 1. The zero-order valence-corrected chi connectivity index (χ0v) is 9.14. The second kappa shape index (κ2) is 4.44. The Bertz CT molecular complexity index is 335. The number of hydrogen-bond donors (Lipinski definition) is 2. The number of hydrogen-bond acceptors (Lipinski definition) is 3. The molecule has 0 fully saturated rings. The van der Waals surface area contributed by atoms with Crippen LogP contribution in [-0.2, 0) is 6.54 Å². The molecule has 1 rings (SSSR count). The summed E-state index contributed by atoms with van der Waals surface area (Å²) in [7, 11) is 1.68. The Hall–Kier alpha value is -1.06. The van der Waals surface area contributed by atoms with E-state index >= 15 is 0 Å². The van der Waals surface area contributed by atoms with Crippen molar-refractivity contribution in [2.45, 2.75) is 27.3 Å². The fraction of sp³-hybridized carbons (Fsp3) is 0.455. The number of methoxy groups -OCH3 is 1. The molecule has 0 bridgehead atoms. The van der Waals surface area contributed by atoms with Gasteiger partial charge in [0.15, 0.2) is 0 Å². The molecular formula is C11H17NO2. The van der Waals surface area contributed by atoms with Crippen LogP contribution >= 0.6 is 0 Å². The molecule has 0 aliphatic heterocycles. The first-order valence-corrected chi connectivity index (χ1v) is 4.62. The first kappa shape index (κ1) is 11.0. The van der Waals surface area contributed by atoms with Crippen LogP contribution in [0.5, 0.6) is 5.75 Å². The van der Waals surface area contributed by atoms with Crippen LogP contribution < -0.4 is 10.2 Å². The highest BCUT2D eigenvalue weighted by Gasteiger charge is 2.09. The van der Waals surface area contributed by atoms with Crippen LogP contribution in [0, 0.1) is 20.8 Å². The molecule has 0 atom stereocenters. The molecule has 0 aliphatic carbocycles. The standard InChI is InChI=1S/C11H17NO2/c1-7-5-10(6-12-13)8(2)9(3)11(7)14-4/h5,12-13H,6H2,1-4H3. The summed E-state index contributed by atoms with van der Waals surface area (Å²) < 4.78 is 5.31. The molecule has 3 nitrogen and oxygen atoms in total. The third-order valence-corrected chi connectivity index (χ3v) is 2.61. The van der Waals surface area contributed by atoms with Crippen molar-refractivity contribution >= 4 is 0 Å². The topological polar surface area (TPSA) is 41.5 Å². The minimum atomic E-state index is 0.470. The molecule has 0 unspecified atom stereocenters.